The molecule has 0 saturated carbocycles. The number of rotatable bonds is 4. The molecule has 0 aromatic heterocycles. The Morgan fingerprint density at radius 1 is 1.42 bits per heavy atom. The zero-order chi connectivity index (χ0) is 13.8. The average Bonchev–Trinajstić information content (AvgIpc) is 2.88. The molecule has 5 nitrogen and oxygen atoms in total. The molecule has 1 fully saturated rings. The molecule has 19 heavy (non-hydrogen) atoms. The summed E-state index contributed by atoms with van der Waals surface area (Å²) < 4.78 is 0. The second kappa shape index (κ2) is 6.08. The van der Waals surface area contributed by atoms with Crippen molar-refractivity contribution in [1.29, 1.82) is 0 Å². The van der Waals surface area contributed by atoms with E-state index in [-0.39, 0.29) is 5.91 Å². The van der Waals surface area contributed by atoms with Gasteiger partial charge in [0.2, 0.25) is 0 Å². The van der Waals surface area contributed by atoms with Crippen molar-refractivity contribution >= 4 is 23.6 Å². The van der Waals surface area contributed by atoms with Gasteiger partial charge in [0.1, 0.15) is 6.04 Å². The van der Waals surface area contributed by atoms with Crippen LogP contribution in [0.4, 0.5) is 0 Å². The van der Waals surface area contributed by atoms with E-state index in [9.17, 15) is 9.59 Å². The molecule has 102 valence electrons. The summed E-state index contributed by atoms with van der Waals surface area (Å²) >= 11 is 1.46. The highest BCUT2D eigenvalue weighted by molar-refractivity contribution is 7.99. The second-order valence-electron chi connectivity index (χ2n) is 4.32. The lowest BCUT2D eigenvalue weighted by molar-refractivity contribution is -0.140. The molecule has 1 aromatic rings. The van der Waals surface area contributed by atoms with Crippen molar-refractivity contribution in [2.24, 2.45) is 5.73 Å². The van der Waals surface area contributed by atoms with Crippen LogP contribution in [-0.2, 0) is 11.2 Å². The highest BCUT2D eigenvalue weighted by Gasteiger charge is 2.35. The van der Waals surface area contributed by atoms with E-state index in [1.165, 1.54) is 16.7 Å². The normalized spacial score (nSPS) is 18.6. The lowest BCUT2D eigenvalue weighted by Crippen LogP contribution is -2.42. The lowest BCUT2D eigenvalue weighted by atomic mass is 10.0. The van der Waals surface area contributed by atoms with Crippen LogP contribution < -0.4 is 5.73 Å². The third-order valence-electron chi connectivity index (χ3n) is 3.09. The van der Waals surface area contributed by atoms with Crippen molar-refractivity contribution in [1.82, 2.24) is 4.90 Å². The predicted molar refractivity (Wildman–Crippen MR) is 74.1 cm³/mol. The van der Waals surface area contributed by atoms with Crippen molar-refractivity contribution in [3.05, 3.63) is 35.4 Å². The molecule has 1 heterocycles. The fourth-order valence-corrected chi connectivity index (χ4v) is 3.25. The summed E-state index contributed by atoms with van der Waals surface area (Å²) in [6.45, 7) is 0.460. The van der Waals surface area contributed by atoms with Crippen LogP contribution in [0, 0.1) is 0 Å². The summed E-state index contributed by atoms with van der Waals surface area (Å²) in [5.74, 6) is -0.302. The molecule has 0 radical (unpaired) electrons. The van der Waals surface area contributed by atoms with Crippen LogP contribution in [0.1, 0.15) is 15.9 Å². The van der Waals surface area contributed by atoms with Crippen molar-refractivity contribution in [3.63, 3.8) is 0 Å². The Labute approximate surface area is 115 Å². The van der Waals surface area contributed by atoms with Gasteiger partial charge in [-0.1, -0.05) is 18.2 Å². The maximum absolute atomic E-state index is 12.5. The van der Waals surface area contributed by atoms with Crippen LogP contribution in [0.5, 0.6) is 0 Å². The van der Waals surface area contributed by atoms with E-state index in [1.807, 2.05) is 12.1 Å². The Balaban J connectivity index is 2.26. The minimum Gasteiger partial charge on any atom is -0.480 e. The van der Waals surface area contributed by atoms with Gasteiger partial charge in [-0.3, -0.25) is 4.79 Å². The number of carboxylic acids is 1. The predicted octanol–water partition coefficient (Wildman–Crippen LogP) is 0.787. The van der Waals surface area contributed by atoms with Gasteiger partial charge >= 0.3 is 5.97 Å². The fraction of sp³-hybridized carbons (Fsp3) is 0.385. The number of thioether (sulfide) groups is 1. The maximum atomic E-state index is 12.5. The Morgan fingerprint density at radius 2 is 2.16 bits per heavy atom. The zero-order valence-electron chi connectivity index (χ0n) is 10.4. The van der Waals surface area contributed by atoms with Gasteiger partial charge in [0.15, 0.2) is 0 Å². The van der Waals surface area contributed by atoms with E-state index in [4.69, 9.17) is 10.8 Å². The first-order valence-electron chi connectivity index (χ1n) is 6.04. The molecule has 1 amide bonds. The highest BCUT2D eigenvalue weighted by Crippen LogP contribution is 2.24. The van der Waals surface area contributed by atoms with Crippen molar-refractivity contribution < 1.29 is 14.7 Å². The number of hydrogen-bond acceptors (Lipinski definition) is 4. The van der Waals surface area contributed by atoms with E-state index in [0.29, 0.717) is 30.2 Å². The lowest BCUT2D eigenvalue weighted by Gasteiger charge is -2.21. The molecular formula is C13H16N2O3S. The summed E-state index contributed by atoms with van der Waals surface area (Å²) in [7, 11) is 0. The molecule has 1 saturated heterocycles. The summed E-state index contributed by atoms with van der Waals surface area (Å²) in [6, 6.07) is 6.50. The monoisotopic (exact) mass is 280 g/mol. The molecule has 1 atom stereocenters. The number of nitrogens with zero attached hydrogens (tertiary/aromatic N) is 1. The van der Waals surface area contributed by atoms with Gasteiger partial charge in [-0.15, -0.1) is 11.8 Å². The largest absolute Gasteiger partial charge is 0.480 e. The summed E-state index contributed by atoms with van der Waals surface area (Å²) in [4.78, 5) is 25.0. The maximum Gasteiger partial charge on any atom is 0.327 e. The molecule has 0 aliphatic carbocycles. The second-order valence-corrected chi connectivity index (χ2v) is 5.32. The number of aliphatic carboxylic acids is 1. The number of nitrogens with two attached hydrogens (primary N) is 1. The van der Waals surface area contributed by atoms with Gasteiger partial charge in [-0.25, -0.2) is 4.79 Å². The molecule has 0 unspecified atom stereocenters. The topological polar surface area (TPSA) is 83.6 Å². The molecule has 1 aromatic carbocycles. The molecular weight excluding hydrogens is 264 g/mol. The number of carbonyl (C=O) groups excluding carboxylic acids is 1. The molecule has 0 spiro atoms. The Hall–Kier alpha value is -1.53. The average molecular weight is 280 g/mol. The number of carboxylic acid groups (broad SMARTS) is 1. The summed E-state index contributed by atoms with van der Waals surface area (Å²) in [5.41, 5.74) is 6.96. The minimum atomic E-state index is -0.949. The summed E-state index contributed by atoms with van der Waals surface area (Å²) in [5, 5.41) is 9.12. The SMILES string of the molecule is NCCc1ccccc1C(=O)N1CSC[C@H]1C(=O)O. The molecule has 3 N–H and O–H groups in total. The minimum absolute atomic E-state index is 0.221. The van der Waals surface area contributed by atoms with Gasteiger partial charge in [0, 0.05) is 11.3 Å². The van der Waals surface area contributed by atoms with E-state index < -0.39 is 12.0 Å². The zero-order valence-corrected chi connectivity index (χ0v) is 11.2. The fourth-order valence-electron chi connectivity index (χ4n) is 2.10. The van der Waals surface area contributed by atoms with E-state index in [2.05, 4.69) is 0 Å². The molecule has 0 bridgehead atoms. The third kappa shape index (κ3) is 2.90. The molecule has 6 heteroatoms. The summed E-state index contributed by atoms with van der Waals surface area (Å²) in [6.07, 6.45) is 0.612. The van der Waals surface area contributed by atoms with Crippen LogP contribution in [0.2, 0.25) is 0 Å². The van der Waals surface area contributed by atoms with Gasteiger partial charge in [0.25, 0.3) is 5.91 Å². The Kier molecular flexibility index (Phi) is 4.44. The van der Waals surface area contributed by atoms with Crippen molar-refractivity contribution in [3.8, 4) is 0 Å². The molecule has 1 aliphatic rings. The standard InChI is InChI=1S/C13H16N2O3S/c14-6-5-9-3-1-2-4-10(9)12(16)15-8-19-7-11(15)13(17)18/h1-4,11H,5-8,14H2,(H,17,18)/t11-/m0/s1. The highest BCUT2D eigenvalue weighted by atomic mass is 32.2. The first-order chi connectivity index (χ1) is 9.15. The smallest absolute Gasteiger partial charge is 0.327 e. The van der Waals surface area contributed by atoms with Gasteiger partial charge in [-0.05, 0) is 24.6 Å². The van der Waals surface area contributed by atoms with Crippen LogP contribution in [0.15, 0.2) is 24.3 Å². The van der Waals surface area contributed by atoms with Crippen LogP contribution >= 0.6 is 11.8 Å². The number of amides is 1. The van der Waals surface area contributed by atoms with Crippen LogP contribution in [0.25, 0.3) is 0 Å². The number of benzene rings is 1. The quantitative estimate of drug-likeness (QED) is 0.852. The first-order valence-corrected chi connectivity index (χ1v) is 7.20. The molecule has 2 rings (SSSR count). The van der Waals surface area contributed by atoms with Gasteiger partial charge in [0.05, 0.1) is 5.88 Å². The van der Waals surface area contributed by atoms with E-state index >= 15 is 0 Å². The number of carbonyl (C=O) groups is 2. The van der Waals surface area contributed by atoms with Crippen LogP contribution in [0.3, 0.4) is 0 Å². The number of hydrogen-bond donors (Lipinski definition) is 2. The van der Waals surface area contributed by atoms with Gasteiger partial charge in [-0.2, -0.15) is 0 Å². The van der Waals surface area contributed by atoms with Crippen molar-refractivity contribution in [2.45, 2.75) is 12.5 Å². The van der Waals surface area contributed by atoms with E-state index in [0.717, 1.165) is 5.56 Å². The third-order valence-corrected chi connectivity index (χ3v) is 4.10. The van der Waals surface area contributed by atoms with Gasteiger partial charge < -0.3 is 15.7 Å². The first kappa shape index (κ1) is 13.9. The Bertz CT molecular complexity index is 493. The molecule has 1 aliphatic heterocycles. The van der Waals surface area contributed by atoms with Crippen LogP contribution in [-0.4, -0.2) is 46.1 Å². The Morgan fingerprint density at radius 3 is 2.84 bits per heavy atom. The van der Waals surface area contributed by atoms with Crippen molar-refractivity contribution in [2.75, 3.05) is 18.2 Å². The van der Waals surface area contributed by atoms with E-state index in [1.54, 1.807) is 12.1 Å².